The van der Waals surface area contributed by atoms with Gasteiger partial charge in [-0.25, -0.2) is 19.0 Å². The smallest absolute Gasteiger partial charge is 0.407 e. The van der Waals surface area contributed by atoms with E-state index in [1.807, 2.05) is 6.07 Å². The summed E-state index contributed by atoms with van der Waals surface area (Å²) in [5.74, 6) is -2.05. The molecule has 2 aromatic rings. The van der Waals surface area contributed by atoms with E-state index in [9.17, 15) is 30.1 Å². The van der Waals surface area contributed by atoms with Crippen molar-refractivity contribution < 1.29 is 33.5 Å². The maximum Gasteiger partial charge on any atom is 0.407 e. The summed E-state index contributed by atoms with van der Waals surface area (Å²) in [6.45, 7) is 1.21. The second-order valence-corrected chi connectivity index (χ2v) is 9.76. The van der Waals surface area contributed by atoms with Gasteiger partial charge in [0.1, 0.15) is 11.5 Å². The van der Waals surface area contributed by atoms with Crippen LogP contribution >= 0.6 is 23.2 Å². The van der Waals surface area contributed by atoms with Crippen LogP contribution in [-0.2, 0) is 32.7 Å². The number of halogens is 3. The van der Waals surface area contributed by atoms with Crippen molar-refractivity contribution in [2.45, 2.75) is 37.8 Å². The number of piperazine rings is 1. The molecule has 1 N–H and O–H groups in total. The normalized spacial score (nSPS) is 20.4. The number of carbonyl (C=O) groups is 2. The number of hydrogen-bond donors (Lipinski definition) is 1. The summed E-state index contributed by atoms with van der Waals surface area (Å²) in [4.78, 5) is 47.3. The molecule has 1 fully saturated rings. The maximum absolute atomic E-state index is 15.3. The van der Waals surface area contributed by atoms with Gasteiger partial charge in [-0.15, -0.1) is 0 Å². The van der Waals surface area contributed by atoms with Gasteiger partial charge in [0, 0.05) is 36.6 Å². The molecule has 0 bridgehead atoms. The summed E-state index contributed by atoms with van der Waals surface area (Å²) in [6.07, 6.45) is -1.86. The number of esters is 1. The van der Waals surface area contributed by atoms with Crippen molar-refractivity contribution in [3.05, 3.63) is 55.2 Å². The number of ether oxygens (including phenoxy) is 2. The first-order valence-corrected chi connectivity index (χ1v) is 12.9. The molecular weight excluding hydrogens is 574 g/mol. The van der Waals surface area contributed by atoms with Crippen molar-refractivity contribution >= 4 is 46.8 Å². The third-order valence-electron chi connectivity index (χ3n) is 6.78. The second-order valence-electron chi connectivity index (χ2n) is 9.01. The molecule has 4 rings (SSSR count). The second kappa shape index (κ2) is 11.7. The molecule has 1 saturated heterocycles. The Morgan fingerprint density at radius 3 is 2.77 bits per heavy atom. The Balaban J connectivity index is 1.86. The van der Waals surface area contributed by atoms with Crippen LogP contribution < -0.4 is 4.90 Å². The van der Waals surface area contributed by atoms with Crippen LogP contribution in [0.25, 0.3) is 0 Å². The quantitative estimate of drug-likeness (QED) is 0.214. The van der Waals surface area contributed by atoms with Crippen LogP contribution in [0.15, 0.2) is 12.1 Å². The minimum Gasteiger partial charge on any atom is -0.465 e. The Kier molecular flexibility index (Phi) is 8.57. The first-order valence-electron chi connectivity index (χ1n) is 12.1. The lowest BCUT2D eigenvalue weighted by atomic mass is 9.82. The van der Waals surface area contributed by atoms with E-state index in [2.05, 4.69) is 9.97 Å². The van der Waals surface area contributed by atoms with Crippen LogP contribution in [0.1, 0.15) is 30.2 Å². The topological polar surface area (TPSA) is 172 Å². The number of nitro groups is 1. The average molecular weight is 597 g/mol. The first kappa shape index (κ1) is 29.2. The highest BCUT2D eigenvalue weighted by Crippen LogP contribution is 2.44. The molecular formula is C24H23Cl2FN6O7. The van der Waals surface area contributed by atoms with Crippen molar-refractivity contribution in [3.63, 3.8) is 0 Å². The van der Waals surface area contributed by atoms with Gasteiger partial charge in [0.2, 0.25) is 11.1 Å². The standard InChI is InChI=1S/C24H23Cl2FN6O7/c1-2-39-21(34)24(18-14(6-10-40-24)15(25)3-4-16(18)27)11-17-19(33(37)38)20(30-22(26)29-17)31-8-9-32(23(35)36)13(12-31)5-7-28/h3-4,13H,2,5-6,8-12H2,1H3,(H,35,36). The molecule has 0 saturated carbocycles. The van der Waals surface area contributed by atoms with Gasteiger partial charge in [-0.1, -0.05) is 11.6 Å². The predicted octanol–water partition coefficient (Wildman–Crippen LogP) is 3.49. The van der Waals surface area contributed by atoms with Crippen molar-refractivity contribution in [2.75, 3.05) is 37.7 Å². The monoisotopic (exact) mass is 596 g/mol. The number of carboxylic acid groups (broad SMARTS) is 1. The maximum atomic E-state index is 15.3. The van der Waals surface area contributed by atoms with E-state index in [1.165, 1.54) is 11.0 Å². The molecule has 1 amide bonds. The van der Waals surface area contributed by atoms with E-state index in [4.69, 9.17) is 32.7 Å². The number of nitriles is 1. The van der Waals surface area contributed by atoms with Gasteiger partial charge in [0.05, 0.1) is 36.7 Å². The fraction of sp³-hybridized carbons (Fsp3) is 0.458. The Bertz CT molecular complexity index is 1410. The van der Waals surface area contributed by atoms with Crippen molar-refractivity contribution in [2.24, 2.45) is 0 Å². The van der Waals surface area contributed by atoms with Gasteiger partial charge < -0.3 is 24.4 Å². The molecule has 2 unspecified atom stereocenters. The van der Waals surface area contributed by atoms with E-state index in [0.717, 1.165) is 11.0 Å². The summed E-state index contributed by atoms with van der Waals surface area (Å²) < 4.78 is 26.5. The molecule has 0 radical (unpaired) electrons. The van der Waals surface area contributed by atoms with E-state index in [0.29, 0.717) is 5.56 Å². The Hall–Kier alpha value is -3.80. The third-order valence-corrected chi connectivity index (χ3v) is 7.30. The molecule has 2 aliphatic heterocycles. The Labute approximate surface area is 237 Å². The highest BCUT2D eigenvalue weighted by Gasteiger charge is 2.51. The van der Waals surface area contributed by atoms with E-state index < -0.39 is 51.8 Å². The summed E-state index contributed by atoms with van der Waals surface area (Å²) in [5.41, 5.74) is -3.06. The van der Waals surface area contributed by atoms with Crippen LogP contribution in [0.5, 0.6) is 0 Å². The number of benzene rings is 1. The number of hydrogen-bond acceptors (Lipinski definition) is 10. The average Bonchev–Trinajstić information content (AvgIpc) is 2.90. The van der Waals surface area contributed by atoms with Crippen LogP contribution in [0.2, 0.25) is 10.3 Å². The molecule has 2 atom stereocenters. The zero-order valence-corrected chi connectivity index (χ0v) is 22.6. The molecule has 1 aromatic carbocycles. The lowest BCUT2D eigenvalue weighted by molar-refractivity contribution is -0.385. The highest BCUT2D eigenvalue weighted by atomic mass is 35.5. The number of amides is 1. The summed E-state index contributed by atoms with van der Waals surface area (Å²) >= 11 is 12.5. The molecule has 2 aliphatic rings. The zero-order chi connectivity index (χ0) is 29.2. The minimum atomic E-state index is -2.18. The number of anilines is 1. The van der Waals surface area contributed by atoms with Gasteiger partial charge >= 0.3 is 17.7 Å². The first-order chi connectivity index (χ1) is 19.0. The van der Waals surface area contributed by atoms with Gasteiger partial charge in [0.15, 0.2) is 5.60 Å². The molecule has 40 heavy (non-hydrogen) atoms. The van der Waals surface area contributed by atoms with E-state index in [-0.39, 0.29) is 67.8 Å². The lowest BCUT2D eigenvalue weighted by Crippen LogP contribution is -2.55. The van der Waals surface area contributed by atoms with Gasteiger partial charge in [-0.3, -0.25) is 10.1 Å². The predicted molar refractivity (Wildman–Crippen MR) is 138 cm³/mol. The highest BCUT2D eigenvalue weighted by molar-refractivity contribution is 6.31. The number of carbonyl (C=O) groups excluding carboxylic acids is 1. The molecule has 1 aromatic heterocycles. The van der Waals surface area contributed by atoms with Gasteiger partial charge in [0.25, 0.3) is 0 Å². The number of fused-ring (bicyclic) bond motifs is 1. The van der Waals surface area contributed by atoms with Crippen molar-refractivity contribution in [1.29, 1.82) is 5.26 Å². The molecule has 3 heterocycles. The summed E-state index contributed by atoms with van der Waals surface area (Å²) in [6, 6.07) is 3.52. The SMILES string of the molecule is CCOC(=O)C1(Cc2nc(Cl)nc(N3CCN(C(=O)O)C(CC#N)C3)c2[N+](=O)[O-])OCCc2c(Cl)ccc(F)c21. The van der Waals surface area contributed by atoms with Crippen LogP contribution in [0, 0.1) is 27.3 Å². The molecule has 16 heteroatoms. The molecule has 0 spiro atoms. The summed E-state index contributed by atoms with van der Waals surface area (Å²) in [7, 11) is 0. The van der Waals surface area contributed by atoms with Crippen molar-refractivity contribution in [1.82, 2.24) is 14.9 Å². The molecule has 13 nitrogen and oxygen atoms in total. The van der Waals surface area contributed by atoms with Crippen LogP contribution in [0.4, 0.5) is 20.7 Å². The zero-order valence-electron chi connectivity index (χ0n) is 21.1. The minimum absolute atomic E-state index is 0.00552. The van der Waals surface area contributed by atoms with Crippen molar-refractivity contribution in [3.8, 4) is 6.07 Å². The third kappa shape index (κ3) is 5.32. The van der Waals surface area contributed by atoms with E-state index >= 15 is 4.39 Å². The van der Waals surface area contributed by atoms with Crippen LogP contribution in [-0.4, -0.2) is 75.9 Å². The van der Waals surface area contributed by atoms with Gasteiger partial charge in [-0.2, -0.15) is 10.2 Å². The van der Waals surface area contributed by atoms with E-state index in [1.54, 1.807) is 6.92 Å². The molecule has 0 aliphatic carbocycles. The largest absolute Gasteiger partial charge is 0.465 e. The number of aromatic nitrogens is 2. The van der Waals surface area contributed by atoms with Gasteiger partial charge in [-0.05, 0) is 42.6 Å². The summed E-state index contributed by atoms with van der Waals surface area (Å²) in [5, 5.41) is 30.9. The number of nitrogens with zero attached hydrogens (tertiary/aromatic N) is 6. The Morgan fingerprint density at radius 2 is 2.12 bits per heavy atom. The Morgan fingerprint density at radius 1 is 1.38 bits per heavy atom. The fourth-order valence-electron chi connectivity index (χ4n) is 5.10. The number of rotatable bonds is 7. The molecule has 212 valence electrons. The lowest BCUT2D eigenvalue weighted by Gasteiger charge is -2.39. The van der Waals surface area contributed by atoms with Crippen LogP contribution in [0.3, 0.4) is 0 Å². The fourth-order valence-corrected chi connectivity index (χ4v) is 5.53.